The third kappa shape index (κ3) is 5.26. The summed E-state index contributed by atoms with van der Waals surface area (Å²) in [5.41, 5.74) is 8.61. The van der Waals surface area contributed by atoms with Gasteiger partial charge in [-0.2, -0.15) is 0 Å². The molecule has 0 bridgehead atoms. The maximum absolute atomic E-state index is 2.48. The van der Waals surface area contributed by atoms with Crippen LogP contribution in [0.25, 0.3) is 5.57 Å². The average Bonchev–Trinajstić information content (AvgIpc) is 2.86. The monoisotopic (exact) mass is 447 g/mol. The molecule has 0 atom stereocenters. The van der Waals surface area contributed by atoms with Crippen molar-refractivity contribution >= 4 is 5.57 Å². The number of aryl methyl sites for hydroxylation is 2. The van der Waals surface area contributed by atoms with E-state index in [0.29, 0.717) is 0 Å². The highest BCUT2D eigenvalue weighted by Gasteiger charge is 2.19. The van der Waals surface area contributed by atoms with E-state index >= 15 is 0 Å². The van der Waals surface area contributed by atoms with Crippen molar-refractivity contribution in [3.63, 3.8) is 0 Å². The highest BCUT2D eigenvalue weighted by molar-refractivity contribution is 5.83. The molecule has 3 aromatic carbocycles. The lowest BCUT2D eigenvalue weighted by Gasteiger charge is -2.29. The van der Waals surface area contributed by atoms with Gasteiger partial charge in [-0.3, -0.25) is 0 Å². The Hall–Kier alpha value is -2.16. The van der Waals surface area contributed by atoms with Gasteiger partial charge in [-0.25, -0.2) is 0 Å². The van der Waals surface area contributed by atoms with Crippen molar-refractivity contribution in [2.45, 2.75) is 25.8 Å². The molecule has 0 saturated carbocycles. The molecule has 2 heteroatoms. The average molecular weight is 448 g/mol. The van der Waals surface area contributed by atoms with Gasteiger partial charge in [-0.05, 0) is 40.7 Å². The van der Waals surface area contributed by atoms with Crippen LogP contribution in [0.15, 0.2) is 84.9 Å². The smallest absolute Gasteiger partial charge is 0.104 e. The van der Waals surface area contributed by atoms with E-state index in [2.05, 4.69) is 99.0 Å². The number of fused-ring (bicyclic) bond motifs is 2. The van der Waals surface area contributed by atoms with Gasteiger partial charge in [0.2, 0.25) is 0 Å². The van der Waals surface area contributed by atoms with E-state index in [1.165, 1.54) is 33.4 Å². The second kappa shape index (κ2) is 9.56. The van der Waals surface area contributed by atoms with Gasteiger partial charge in [-0.1, -0.05) is 84.9 Å². The molecule has 0 amide bonds. The lowest BCUT2D eigenvalue weighted by atomic mass is 9.93. The van der Waals surface area contributed by atoms with E-state index in [1.807, 2.05) is 0 Å². The molecule has 29 heavy (non-hydrogen) atoms. The highest BCUT2D eigenvalue weighted by atomic mass is 79.9. The lowest BCUT2D eigenvalue weighted by Crippen LogP contribution is -3.00. The van der Waals surface area contributed by atoms with Gasteiger partial charge >= 0.3 is 0 Å². The van der Waals surface area contributed by atoms with Gasteiger partial charge in [0, 0.05) is 12.0 Å². The largest absolute Gasteiger partial charge is 1.00 e. The van der Waals surface area contributed by atoms with Crippen LogP contribution in [0.4, 0.5) is 0 Å². The normalized spacial score (nSPS) is 13.0. The number of quaternary nitrogens is 1. The molecule has 0 saturated heterocycles. The van der Waals surface area contributed by atoms with E-state index < -0.39 is 0 Å². The molecule has 0 aromatic heterocycles. The van der Waals surface area contributed by atoms with Crippen molar-refractivity contribution in [1.82, 2.24) is 0 Å². The predicted molar refractivity (Wildman–Crippen MR) is 119 cm³/mol. The first kappa shape index (κ1) is 21.5. The molecule has 0 aliphatic heterocycles. The Morgan fingerprint density at radius 2 is 1.24 bits per heavy atom. The van der Waals surface area contributed by atoms with Crippen LogP contribution in [0.1, 0.15) is 34.2 Å². The number of hydrogen-bond donors (Lipinski definition) is 0. The zero-order valence-corrected chi connectivity index (χ0v) is 19.0. The van der Waals surface area contributed by atoms with E-state index in [-0.39, 0.29) is 17.0 Å². The Kier molecular flexibility index (Phi) is 7.10. The van der Waals surface area contributed by atoms with E-state index in [4.69, 9.17) is 0 Å². The molecule has 150 valence electrons. The van der Waals surface area contributed by atoms with Crippen LogP contribution < -0.4 is 17.0 Å². The van der Waals surface area contributed by atoms with Crippen LogP contribution in [-0.4, -0.2) is 25.1 Å². The fourth-order valence-corrected chi connectivity index (χ4v) is 4.35. The summed E-state index contributed by atoms with van der Waals surface area (Å²) in [6.45, 7) is 2.19. The van der Waals surface area contributed by atoms with Crippen molar-refractivity contribution in [2.75, 3.05) is 20.6 Å². The topological polar surface area (TPSA) is 0 Å². The summed E-state index contributed by atoms with van der Waals surface area (Å²) in [6, 6.07) is 28.7. The van der Waals surface area contributed by atoms with Crippen LogP contribution in [0.5, 0.6) is 0 Å². The van der Waals surface area contributed by atoms with E-state index in [9.17, 15) is 0 Å². The molecule has 0 radical (unpaired) electrons. The van der Waals surface area contributed by atoms with Crippen LogP contribution in [-0.2, 0) is 19.4 Å². The fourth-order valence-electron chi connectivity index (χ4n) is 4.35. The molecular weight excluding hydrogens is 418 g/mol. The summed E-state index contributed by atoms with van der Waals surface area (Å²) >= 11 is 0. The minimum absolute atomic E-state index is 0. The van der Waals surface area contributed by atoms with Gasteiger partial charge in [0.1, 0.15) is 6.54 Å². The summed E-state index contributed by atoms with van der Waals surface area (Å²) in [7, 11) is 4.67. The number of hydrogen-bond acceptors (Lipinski definition) is 0. The van der Waals surface area contributed by atoms with Crippen molar-refractivity contribution in [3.05, 3.63) is 113 Å². The van der Waals surface area contributed by atoms with Gasteiger partial charge in [0.15, 0.2) is 0 Å². The first-order valence-electron chi connectivity index (χ1n) is 10.3. The number of nitrogens with zero attached hydrogens (tertiary/aromatic N) is 1. The van der Waals surface area contributed by atoms with Crippen molar-refractivity contribution in [1.29, 1.82) is 0 Å². The molecule has 0 heterocycles. The number of halogens is 1. The summed E-state index contributed by atoms with van der Waals surface area (Å²) in [6.07, 6.45) is 5.81. The maximum Gasteiger partial charge on any atom is 0.104 e. The molecule has 1 aliphatic carbocycles. The van der Waals surface area contributed by atoms with E-state index in [0.717, 1.165) is 36.8 Å². The first-order valence-corrected chi connectivity index (χ1v) is 10.3. The van der Waals surface area contributed by atoms with Crippen molar-refractivity contribution < 1.29 is 21.5 Å². The second-order valence-corrected chi connectivity index (χ2v) is 8.52. The summed E-state index contributed by atoms with van der Waals surface area (Å²) in [5, 5.41) is 0. The molecule has 0 fully saturated rings. The van der Waals surface area contributed by atoms with Crippen LogP contribution in [0.3, 0.4) is 0 Å². The summed E-state index contributed by atoms with van der Waals surface area (Å²) in [4.78, 5) is 0. The second-order valence-electron chi connectivity index (χ2n) is 8.52. The number of rotatable bonds is 5. The minimum atomic E-state index is 0. The Morgan fingerprint density at radius 1 is 0.724 bits per heavy atom. The van der Waals surface area contributed by atoms with Gasteiger partial charge in [0.05, 0.1) is 20.6 Å². The number of benzene rings is 3. The standard InChI is InChI=1S/C27H30N.BrH/c1-28(2,21-22-11-4-3-5-12-22)20-10-17-27-25-15-8-6-13-23(25)18-19-24-14-7-9-16-26(24)27;/h3-9,11-17H,10,18-21H2,1-2H3;1H/q+1;/p-1. The first-order chi connectivity index (χ1) is 13.6. The minimum Gasteiger partial charge on any atom is -1.00 e. The third-order valence-corrected chi connectivity index (χ3v) is 5.82. The van der Waals surface area contributed by atoms with Crippen LogP contribution in [0.2, 0.25) is 0 Å². The van der Waals surface area contributed by atoms with Crippen molar-refractivity contribution in [3.8, 4) is 0 Å². The Morgan fingerprint density at radius 3 is 1.83 bits per heavy atom. The van der Waals surface area contributed by atoms with Crippen molar-refractivity contribution in [2.24, 2.45) is 0 Å². The predicted octanol–water partition coefficient (Wildman–Crippen LogP) is 2.89. The molecule has 4 rings (SSSR count). The SMILES string of the molecule is C[N+](C)(CCC=C1c2ccccc2CCc2ccccc21)Cc1ccccc1.[Br-]. The lowest BCUT2D eigenvalue weighted by molar-refractivity contribution is -0.903. The molecule has 0 N–H and O–H groups in total. The zero-order chi connectivity index (χ0) is 19.4. The molecular formula is C27H30BrN. The van der Waals surface area contributed by atoms with Crippen LogP contribution in [0, 0.1) is 0 Å². The molecule has 1 nitrogen and oxygen atoms in total. The fraction of sp³-hybridized carbons (Fsp3) is 0.259. The zero-order valence-electron chi connectivity index (χ0n) is 17.4. The highest BCUT2D eigenvalue weighted by Crippen LogP contribution is 2.33. The van der Waals surface area contributed by atoms with Gasteiger partial charge in [0.25, 0.3) is 0 Å². The third-order valence-electron chi connectivity index (χ3n) is 5.82. The summed E-state index contributed by atoms with van der Waals surface area (Å²) < 4.78 is 0.997. The molecule has 1 aliphatic rings. The summed E-state index contributed by atoms with van der Waals surface area (Å²) in [5.74, 6) is 0. The Bertz CT molecular complexity index is 923. The molecule has 0 spiro atoms. The van der Waals surface area contributed by atoms with Crippen LogP contribution >= 0.6 is 0 Å². The Labute approximate surface area is 186 Å². The van der Waals surface area contributed by atoms with Gasteiger partial charge < -0.3 is 21.5 Å². The molecule has 0 unspecified atom stereocenters. The maximum atomic E-state index is 2.48. The van der Waals surface area contributed by atoms with E-state index in [1.54, 1.807) is 0 Å². The van der Waals surface area contributed by atoms with Gasteiger partial charge in [-0.15, -0.1) is 0 Å². The Balaban J connectivity index is 0.00000240. The quantitative estimate of drug-likeness (QED) is 0.527. The molecule has 3 aromatic rings.